The molecular formula is C15H15N5O. The third kappa shape index (κ3) is 2.08. The van der Waals surface area contributed by atoms with E-state index in [1.54, 1.807) is 4.68 Å². The minimum atomic E-state index is 0.520. The molecule has 106 valence electrons. The van der Waals surface area contributed by atoms with Crippen LogP contribution in [0.15, 0.2) is 35.0 Å². The summed E-state index contributed by atoms with van der Waals surface area (Å²) in [5.41, 5.74) is 4.14. The largest absolute Gasteiger partial charge is 0.385 e. The van der Waals surface area contributed by atoms with E-state index in [-0.39, 0.29) is 0 Å². The summed E-state index contributed by atoms with van der Waals surface area (Å²) < 4.78 is 7.16. The number of fused-ring (bicyclic) bond motifs is 1. The molecule has 0 saturated heterocycles. The average Bonchev–Trinajstić information content (AvgIpc) is 3.15. The molecule has 0 radical (unpaired) electrons. The van der Waals surface area contributed by atoms with Crippen LogP contribution in [-0.2, 0) is 13.5 Å². The molecule has 3 heterocycles. The summed E-state index contributed by atoms with van der Waals surface area (Å²) in [6, 6.07) is 8.00. The highest BCUT2D eigenvalue weighted by Gasteiger charge is 2.19. The van der Waals surface area contributed by atoms with Gasteiger partial charge < -0.3 is 9.84 Å². The van der Waals surface area contributed by atoms with Crippen molar-refractivity contribution in [1.82, 2.24) is 19.9 Å². The molecule has 1 aromatic carbocycles. The number of nitrogens with zero attached hydrogens (tertiary/aromatic N) is 4. The highest BCUT2D eigenvalue weighted by atomic mass is 16.5. The van der Waals surface area contributed by atoms with E-state index in [1.165, 1.54) is 5.56 Å². The molecule has 3 aromatic rings. The Bertz CT molecular complexity index is 789. The fraction of sp³-hybridized carbons (Fsp3) is 0.267. The Morgan fingerprint density at radius 1 is 1.29 bits per heavy atom. The molecule has 0 aliphatic carbocycles. The van der Waals surface area contributed by atoms with Gasteiger partial charge in [0.2, 0.25) is 5.82 Å². The lowest BCUT2D eigenvalue weighted by Crippen LogP contribution is -2.12. The molecule has 6 heteroatoms. The third-order valence-corrected chi connectivity index (χ3v) is 3.69. The van der Waals surface area contributed by atoms with Gasteiger partial charge >= 0.3 is 0 Å². The van der Waals surface area contributed by atoms with E-state index in [4.69, 9.17) is 4.52 Å². The normalized spacial score (nSPS) is 13.8. The van der Waals surface area contributed by atoms with Gasteiger partial charge in [-0.05, 0) is 36.6 Å². The van der Waals surface area contributed by atoms with Crippen LogP contribution in [0, 0.1) is 0 Å². The molecule has 6 nitrogen and oxygen atoms in total. The predicted octanol–water partition coefficient (Wildman–Crippen LogP) is 2.50. The first kappa shape index (κ1) is 12.1. The molecule has 1 aliphatic rings. The third-order valence-electron chi connectivity index (χ3n) is 3.69. The number of rotatable bonds is 2. The lowest BCUT2D eigenvalue weighted by molar-refractivity contribution is 0.431. The van der Waals surface area contributed by atoms with Crippen molar-refractivity contribution in [2.45, 2.75) is 12.8 Å². The molecule has 0 fully saturated rings. The Kier molecular flexibility index (Phi) is 2.73. The molecule has 0 saturated carbocycles. The highest BCUT2D eigenvalue weighted by molar-refractivity contribution is 5.70. The summed E-state index contributed by atoms with van der Waals surface area (Å²) in [7, 11) is 1.86. The Hall–Kier alpha value is -2.63. The summed E-state index contributed by atoms with van der Waals surface area (Å²) in [5, 5.41) is 11.7. The van der Waals surface area contributed by atoms with Gasteiger partial charge in [0.05, 0.1) is 0 Å². The van der Waals surface area contributed by atoms with Gasteiger partial charge in [0.25, 0.3) is 5.89 Å². The molecule has 1 aliphatic heterocycles. The maximum atomic E-state index is 5.44. The van der Waals surface area contributed by atoms with E-state index in [2.05, 4.69) is 26.6 Å². The van der Waals surface area contributed by atoms with Gasteiger partial charge in [0, 0.05) is 31.0 Å². The lowest BCUT2D eigenvalue weighted by Gasteiger charge is -2.19. The van der Waals surface area contributed by atoms with Crippen molar-refractivity contribution in [3.8, 4) is 23.0 Å². The van der Waals surface area contributed by atoms with Crippen molar-refractivity contribution < 1.29 is 4.52 Å². The zero-order valence-electron chi connectivity index (χ0n) is 11.7. The predicted molar refractivity (Wildman–Crippen MR) is 78.7 cm³/mol. The van der Waals surface area contributed by atoms with Crippen molar-refractivity contribution in [1.29, 1.82) is 0 Å². The Morgan fingerprint density at radius 3 is 3.10 bits per heavy atom. The van der Waals surface area contributed by atoms with Gasteiger partial charge in [0.15, 0.2) is 0 Å². The molecule has 0 spiro atoms. The maximum Gasteiger partial charge on any atom is 0.258 e. The van der Waals surface area contributed by atoms with Crippen LogP contribution in [0.4, 0.5) is 5.69 Å². The van der Waals surface area contributed by atoms with Crippen molar-refractivity contribution in [2.75, 3.05) is 11.9 Å². The monoisotopic (exact) mass is 281 g/mol. The second-order valence-corrected chi connectivity index (χ2v) is 5.16. The SMILES string of the molecule is Cn1ccc(-c2noc(-c3cccc4c3CCCN4)n2)n1. The fourth-order valence-corrected chi connectivity index (χ4v) is 2.68. The molecule has 21 heavy (non-hydrogen) atoms. The number of hydrogen-bond acceptors (Lipinski definition) is 5. The quantitative estimate of drug-likeness (QED) is 0.781. The van der Waals surface area contributed by atoms with Gasteiger partial charge in [-0.2, -0.15) is 10.1 Å². The molecule has 0 unspecified atom stereocenters. The summed E-state index contributed by atoms with van der Waals surface area (Å²) in [5.74, 6) is 1.07. The number of benzene rings is 1. The van der Waals surface area contributed by atoms with Crippen LogP contribution in [0.2, 0.25) is 0 Å². The first-order valence-electron chi connectivity index (χ1n) is 7.01. The topological polar surface area (TPSA) is 68.8 Å². The fourth-order valence-electron chi connectivity index (χ4n) is 2.68. The van der Waals surface area contributed by atoms with E-state index in [0.29, 0.717) is 11.7 Å². The molecule has 0 atom stereocenters. The second kappa shape index (κ2) is 4.73. The van der Waals surface area contributed by atoms with Gasteiger partial charge in [-0.3, -0.25) is 4.68 Å². The van der Waals surface area contributed by atoms with Crippen LogP contribution in [0.3, 0.4) is 0 Å². The number of nitrogens with one attached hydrogen (secondary N) is 1. The molecule has 1 N–H and O–H groups in total. The van der Waals surface area contributed by atoms with Crippen molar-refractivity contribution >= 4 is 5.69 Å². The lowest BCUT2D eigenvalue weighted by atomic mass is 9.97. The first-order chi connectivity index (χ1) is 10.3. The molecule has 4 rings (SSSR count). The summed E-state index contributed by atoms with van der Waals surface area (Å²) in [6.45, 7) is 1.01. The van der Waals surface area contributed by atoms with Gasteiger partial charge in [-0.25, -0.2) is 0 Å². The van der Waals surface area contributed by atoms with Crippen molar-refractivity contribution in [3.63, 3.8) is 0 Å². The summed E-state index contributed by atoms with van der Waals surface area (Å²) in [6.07, 6.45) is 4.00. The van der Waals surface area contributed by atoms with Crippen LogP contribution < -0.4 is 5.32 Å². The zero-order chi connectivity index (χ0) is 14.2. The average molecular weight is 281 g/mol. The highest BCUT2D eigenvalue weighted by Crippen LogP contribution is 2.32. The second-order valence-electron chi connectivity index (χ2n) is 5.16. The van der Waals surface area contributed by atoms with Gasteiger partial charge in [0.1, 0.15) is 5.69 Å². The first-order valence-corrected chi connectivity index (χ1v) is 7.01. The van der Waals surface area contributed by atoms with Crippen LogP contribution in [0.1, 0.15) is 12.0 Å². The van der Waals surface area contributed by atoms with E-state index in [9.17, 15) is 0 Å². The van der Waals surface area contributed by atoms with E-state index in [1.807, 2.05) is 31.4 Å². The number of aromatic nitrogens is 4. The summed E-state index contributed by atoms with van der Waals surface area (Å²) >= 11 is 0. The standard InChI is InChI=1S/C15H15N5O/c1-20-9-7-13(18-20)14-17-15(21-19-14)11-4-2-6-12-10(11)5-3-8-16-12/h2,4,6-7,9,16H,3,5,8H2,1H3. The van der Waals surface area contributed by atoms with Crippen LogP contribution in [0.25, 0.3) is 23.0 Å². The van der Waals surface area contributed by atoms with Gasteiger partial charge in [-0.1, -0.05) is 11.2 Å². The van der Waals surface area contributed by atoms with Crippen LogP contribution >= 0.6 is 0 Å². The van der Waals surface area contributed by atoms with E-state index in [0.717, 1.165) is 36.3 Å². The smallest absolute Gasteiger partial charge is 0.258 e. The molecule has 2 aromatic heterocycles. The van der Waals surface area contributed by atoms with E-state index < -0.39 is 0 Å². The Labute approximate surface area is 121 Å². The summed E-state index contributed by atoms with van der Waals surface area (Å²) in [4.78, 5) is 4.49. The molecule has 0 bridgehead atoms. The van der Waals surface area contributed by atoms with Crippen LogP contribution in [0.5, 0.6) is 0 Å². The van der Waals surface area contributed by atoms with Gasteiger partial charge in [-0.15, -0.1) is 0 Å². The number of anilines is 1. The van der Waals surface area contributed by atoms with Crippen LogP contribution in [-0.4, -0.2) is 26.5 Å². The molecular weight excluding hydrogens is 266 g/mol. The Balaban J connectivity index is 1.76. The minimum Gasteiger partial charge on any atom is -0.385 e. The zero-order valence-corrected chi connectivity index (χ0v) is 11.7. The Morgan fingerprint density at radius 2 is 2.24 bits per heavy atom. The minimum absolute atomic E-state index is 0.520. The number of hydrogen-bond donors (Lipinski definition) is 1. The van der Waals surface area contributed by atoms with Crippen molar-refractivity contribution in [2.24, 2.45) is 7.05 Å². The van der Waals surface area contributed by atoms with E-state index >= 15 is 0 Å². The number of aryl methyl sites for hydroxylation is 1. The van der Waals surface area contributed by atoms with Crippen molar-refractivity contribution in [3.05, 3.63) is 36.0 Å². The molecule has 0 amide bonds. The maximum absolute atomic E-state index is 5.44.